The molecule has 32 heavy (non-hydrogen) atoms. The summed E-state index contributed by atoms with van der Waals surface area (Å²) in [6, 6.07) is 21.3. The number of benzene rings is 3. The Morgan fingerprint density at radius 3 is 2.72 bits per heavy atom. The second-order valence-electron chi connectivity index (χ2n) is 7.43. The lowest BCUT2D eigenvalue weighted by Crippen LogP contribution is -2.20. The van der Waals surface area contributed by atoms with Crippen molar-refractivity contribution < 1.29 is 9.13 Å². The van der Waals surface area contributed by atoms with Crippen molar-refractivity contribution in [3.63, 3.8) is 0 Å². The van der Waals surface area contributed by atoms with E-state index in [0.717, 1.165) is 16.8 Å². The van der Waals surface area contributed by atoms with Crippen LogP contribution in [0.15, 0.2) is 77.6 Å². The minimum Gasteiger partial charge on any atom is -0.489 e. The van der Waals surface area contributed by atoms with Crippen molar-refractivity contribution in [3.05, 3.63) is 100 Å². The zero-order valence-electron chi connectivity index (χ0n) is 17.3. The minimum absolute atomic E-state index is 0.106. The van der Waals surface area contributed by atoms with Gasteiger partial charge in [0, 0.05) is 18.8 Å². The van der Waals surface area contributed by atoms with Crippen LogP contribution in [0.5, 0.6) is 5.75 Å². The van der Waals surface area contributed by atoms with Gasteiger partial charge in [-0.05, 0) is 42.0 Å². The van der Waals surface area contributed by atoms with Gasteiger partial charge in [-0.25, -0.2) is 4.39 Å². The smallest absolute Gasteiger partial charge is 0.262 e. The molecule has 5 aromatic rings. The molecule has 2 aromatic heterocycles. The van der Waals surface area contributed by atoms with Crippen LogP contribution in [0, 0.1) is 5.82 Å². The summed E-state index contributed by atoms with van der Waals surface area (Å²) in [5.41, 5.74) is 2.49. The summed E-state index contributed by atoms with van der Waals surface area (Å²) in [5.74, 6) is 1.33. The van der Waals surface area contributed by atoms with Crippen LogP contribution in [-0.2, 0) is 20.2 Å². The fourth-order valence-corrected chi connectivity index (χ4v) is 3.68. The van der Waals surface area contributed by atoms with E-state index in [9.17, 15) is 9.18 Å². The molecule has 160 valence electrons. The number of anilines is 1. The van der Waals surface area contributed by atoms with Crippen LogP contribution >= 0.6 is 0 Å². The Bertz CT molecular complexity index is 1490. The van der Waals surface area contributed by atoms with E-state index in [1.807, 2.05) is 46.9 Å². The fraction of sp³-hybridized carbons (Fsp3) is 0.125. The molecule has 5 rings (SSSR count). The number of para-hydroxylation sites is 1. The molecule has 8 heteroatoms. The maximum Gasteiger partial charge on any atom is 0.262 e. The van der Waals surface area contributed by atoms with E-state index in [1.54, 1.807) is 25.2 Å². The molecule has 2 heterocycles. The van der Waals surface area contributed by atoms with Crippen molar-refractivity contribution in [2.45, 2.75) is 13.2 Å². The van der Waals surface area contributed by atoms with E-state index in [-0.39, 0.29) is 11.4 Å². The maximum absolute atomic E-state index is 13.3. The van der Waals surface area contributed by atoms with E-state index in [1.165, 1.54) is 16.7 Å². The van der Waals surface area contributed by atoms with Crippen molar-refractivity contribution in [3.8, 4) is 5.75 Å². The highest BCUT2D eigenvalue weighted by Gasteiger charge is 2.14. The lowest BCUT2D eigenvalue weighted by Gasteiger charge is -2.11. The molecule has 3 aromatic carbocycles. The van der Waals surface area contributed by atoms with Crippen molar-refractivity contribution in [2.75, 3.05) is 5.32 Å². The van der Waals surface area contributed by atoms with Gasteiger partial charge in [0.05, 0.1) is 17.4 Å². The average Bonchev–Trinajstić information content (AvgIpc) is 3.25. The van der Waals surface area contributed by atoms with E-state index in [2.05, 4.69) is 15.5 Å². The highest BCUT2D eigenvalue weighted by molar-refractivity contribution is 5.80. The number of fused-ring (bicyclic) bond motifs is 3. The van der Waals surface area contributed by atoms with E-state index in [0.29, 0.717) is 35.9 Å². The Morgan fingerprint density at radius 1 is 1.00 bits per heavy atom. The molecule has 0 spiro atoms. The van der Waals surface area contributed by atoms with Crippen LogP contribution in [0.25, 0.3) is 16.7 Å². The van der Waals surface area contributed by atoms with Gasteiger partial charge < -0.3 is 10.1 Å². The molecule has 0 aliphatic carbocycles. The molecule has 0 unspecified atom stereocenters. The average molecular weight is 429 g/mol. The van der Waals surface area contributed by atoms with Crippen molar-refractivity contribution in [1.29, 1.82) is 0 Å². The highest BCUT2D eigenvalue weighted by Crippen LogP contribution is 2.18. The quantitative estimate of drug-likeness (QED) is 0.443. The zero-order valence-corrected chi connectivity index (χ0v) is 17.3. The fourth-order valence-electron chi connectivity index (χ4n) is 3.68. The number of hydrogen-bond donors (Lipinski definition) is 1. The van der Waals surface area contributed by atoms with Crippen LogP contribution in [0.2, 0.25) is 0 Å². The maximum atomic E-state index is 13.3. The first kappa shape index (κ1) is 19.7. The summed E-state index contributed by atoms with van der Waals surface area (Å²) < 4.78 is 22.4. The zero-order chi connectivity index (χ0) is 22.1. The molecule has 0 radical (unpaired) electrons. The monoisotopic (exact) mass is 429 g/mol. The second-order valence-corrected chi connectivity index (χ2v) is 7.43. The lowest BCUT2D eigenvalue weighted by atomic mass is 10.2. The molecule has 0 aliphatic rings. The van der Waals surface area contributed by atoms with E-state index >= 15 is 0 Å². The van der Waals surface area contributed by atoms with Gasteiger partial charge in [0.1, 0.15) is 18.2 Å². The van der Waals surface area contributed by atoms with Gasteiger partial charge in [0.15, 0.2) is 5.82 Å². The summed E-state index contributed by atoms with van der Waals surface area (Å²) >= 11 is 0. The van der Waals surface area contributed by atoms with Gasteiger partial charge in [0.2, 0.25) is 5.78 Å². The number of halogens is 1. The number of rotatable bonds is 6. The molecule has 0 saturated heterocycles. The predicted octanol–water partition coefficient (Wildman–Crippen LogP) is 3.91. The van der Waals surface area contributed by atoms with Gasteiger partial charge in [-0.15, -0.1) is 10.2 Å². The summed E-state index contributed by atoms with van der Waals surface area (Å²) in [5, 5.41) is 12.5. The number of hydrogen-bond acceptors (Lipinski definition) is 5. The summed E-state index contributed by atoms with van der Waals surface area (Å²) in [6.07, 6.45) is 0. The lowest BCUT2D eigenvalue weighted by molar-refractivity contribution is 0.304. The minimum atomic E-state index is -0.330. The topological polar surface area (TPSA) is 73.5 Å². The first-order chi connectivity index (χ1) is 15.6. The van der Waals surface area contributed by atoms with Crippen molar-refractivity contribution >= 4 is 22.4 Å². The van der Waals surface area contributed by atoms with Crippen LogP contribution in [0.1, 0.15) is 11.4 Å². The van der Waals surface area contributed by atoms with Crippen LogP contribution < -0.4 is 15.6 Å². The molecule has 0 atom stereocenters. The predicted molar refractivity (Wildman–Crippen MR) is 120 cm³/mol. The summed E-state index contributed by atoms with van der Waals surface area (Å²) in [4.78, 5) is 12.6. The number of ether oxygens (including phenoxy) is 1. The molecule has 1 N–H and O–H groups in total. The molecule has 0 amide bonds. The standard InChI is InChI=1S/C24H20FN5O2/c1-29-23(31)20-10-2-3-11-21(20)30-22(27-28-24(29)30)14-26-18-8-4-6-16(12-18)15-32-19-9-5-7-17(25)13-19/h2-13,26H,14-15H2,1H3. The normalized spacial score (nSPS) is 11.2. The molecule has 0 fully saturated rings. The Labute approximate surface area is 182 Å². The van der Waals surface area contributed by atoms with Gasteiger partial charge >= 0.3 is 0 Å². The first-order valence-electron chi connectivity index (χ1n) is 10.1. The van der Waals surface area contributed by atoms with Crippen LogP contribution in [0.3, 0.4) is 0 Å². The number of nitrogens with one attached hydrogen (secondary N) is 1. The van der Waals surface area contributed by atoms with E-state index < -0.39 is 0 Å². The SMILES string of the molecule is Cn1c(=O)c2ccccc2n2c(CNc3cccc(COc4cccc(F)c4)c3)nnc12. The largest absolute Gasteiger partial charge is 0.489 e. The molecule has 0 aliphatic heterocycles. The van der Waals surface area contributed by atoms with Gasteiger partial charge in [-0.2, -0.15) is 0 Å². The Kier molecular flexibility index (Phi) is 5.03. The van der Waals surface area contributed by atoms with Crippen molar-refractivity contribution in [2.24, 2.45) is 7.05 Å². The second kappa shape index (κ2) is 8.14. The number of aromatic nitrogens is 4. The molecule has 0 saturated carbocycles. The Morgan fingerprint density at radius 2 is 1.84 bits per heavy atom. The Balaban J connectivity index is 1.37. The third-order valence-electron chi connectivity index (χ3n) is 5.27. The molecule has 7 nitrogen and oxygen atoms in total. The summed E-state index contributed by atoms with van der Waals surface area (Å²) in [7, 11) is 1.69. The van der Waals surface area contributed by atoms with Gasteiger partial charge in [-0.3, -0.25) is 13.8 Å². The van der Waals surface area contributed by atoms with Crippen molar-refractivity contribution in [1.82, 2.24) is 19.2 Å². The number of aryl methyl sites for hydroxylation is 1. The first-order valence-corrected chi connectivity index (χ1v) is 10.1. The van der Waals surface area contributed by atoms with Gasteiger partial charge in [0.25, 0.3) is 5.56 Å². The Hall–Kier alpha value is -4.20. The highest BCUT2D eigenvalue weighted by atomic mass is 19.1. The molecule has 0 bridgehead atoms. The van der Waals surface area contributed by atoms with Gasteiger partial charge in [-0.1, -0.05) is 30.3 Å². The van der Waals surface area contributed by atoms with Crippen LogP contribution in [0.4, 0.5) is 10.1 Å². The summed E-state index contributed by atoms with van der Waals surface area (Å²) in [6.45, 7) is 0.733. The van der Waals surface area contributed by atoms with Crippen LogP contribution in [-0.4, -0.2) is 19.2 Å². The van der Waals surface area contributed by atoms with E-state index in [4.69, 9.17) is 4.74 Å². The molecular weight excluding hydrogens is 409 g/mol. The third kappa shape index (κ3) is 3.66. The third-order valence-corrected chi connectivity index (χ3v) is 5.27. The number of nitrogens with zero attached hydrogens (tertiary/aromatic N) is 4. The molecular formula is C24H20FN5O2.